The van der Waals surface area contributed by atoms with Gasteiger partial charge in [-0.1, -0.05) is 32.4 Å². The summed E-state index contributed by atoms with van der Waals surface area (Å²) in [6.45, 7) is 10.6. The van der Waals surface area contributed by atoms with Crippen LogP contribution in [0.5, 0.6) is 11.5 Å². The Hall–Kier alpha value is -1.50. The Balaban J connectivity index is 1.60. The van der Waals surface area contributed by atoms with Crippen molar-refractivity contribution >= 4 is 17.6 Å². The Morgan fingerprint density at radius 1 is 1.16 bits per heavy atom. The Bertz CT molecular complexity index is 1050. The number of hydrogen-bond acceptors (Lipinski definition) is 6. The Morgan fingerprint density at radius 2 is 1.91 bits per heavy atom. The zero-order valence-electron chi connectivity index (χ0n) is 19.3. The molecule has 32 heavy (non-hydrogen) atoms. The van der Waals surface area contributed by atoms with Crippen molar-refractivity contribution in [3.8, 4) is 11.5 Å². The van der Waals surface area contributed by atoms with Crippen molar-refractivity contribution in [3.63, 3.8) is 0 Å². The second kappa shape index (κ2) is 6.13. The monoisotopic (exact) mass is 462 g/mol. The van der Waals surface area contributed by atoms with E-state index in [2.05, 4.69) is 27.7 Å². The van der Waals surface area contributed by atoms with Crippen molar-refractivity contribution in [2.24, 2.45) is 11.3 Å². The number of aromatic hydroxyl groups is 1. The predicted molar refractivity (Wildman–Crippen MR) is 117 cm³/mol. The highest BCUT2D eigenvalue weighted by molar-refractivity contribution is 6.34. The van der Waals surface area contributed by atoms with Crippen molar-refractivity contribution in [2.75, 3.05) is 0 Å². The van der Waals surface area contributed by atoms with Crippen LogP contribution < -0.4 is 4.74 Å². The standard InChI is InChI=1S/C25H31ClO6/c1-12(2)24-9-8-22(4)16(30-24)6-7-23(5)25(22,32-24)11-15-14-10-13(3)29-21(28)17(14)19(27)18(26)20(15)31-23/h12-13,16,27H,6-11H2,1-5H3/t13-,16+,22+,23-,24+,25+/m1/s1. The van der Waals surface area contributed by atoms with Gasteiger partial charge in [-0.05, 0) is 38.7 Å². The summed E-state index contributed by atoms with van der Waals surface area (Å²) in [6, 6.07) is 0. The minimum Gasteiger partial charge on any atom is -0.505 e. The molecule has 3 saturated heterocycles. The second-order valence-electron chi connectivity index (χ2n) is 11.2. The number of ether oxygens (including phenoxy) is 4. The Morgan fingerprint density at radius 3 is 2.62 bits per heavy atom. The molecule has 0 unspecified atom stereocenters. The first kappa shape index (κ1) is 21.1. The maximum Gasteiger partial charge on any atom is 0.342 e. The summed E-state index contributed by atoms with van der Waals surface area (Å²) in [7, 11) is 0. The van der Waals surface area contributed by atoms with Crippen LogP contribution in [0.4, 0.5) is 0 Å². The maximum atomic E-state index is 12.7. The molecule has 1 saturated carbocycles. The van der Waals surface area contributed by atoms with Gasteiger partial charge in [0.05, 0.1) is 6.10 Å². The molecule has 0 radical (unpaired) electrons. The molecule has 1 N–H and O–H groups in total. The van der Waals surface area contributed by atoms with Crippen molar-refractivity contribution in [1.82, 2.24) is 0 Å². The number of halogens is 1. The number of carbonyl (C=O) groups is 1. The summed E-state index contributed by atoms with van der Waals surface area (Å²) < 4.78 is 25.9. The van der Waals surface area contributed by atoms with E-state index in [9.17, 15) is 9.90 Å². The highest BCUT2D eigenvalue weighted by Gasteiger charge is 2.77. The van der Waals surface area contributed by atoms with Gasteiger partial charge >= 0.3 is 5.97 Å². The third kappa shape index (κ3) is 2.22. The van der Waals surface area contributed by atoms with Crippen LogP contribution in [0.25, 0.3) is 0 Å². The number of rotatable bonds is 1. The van der Waals surface area contributed by atoms with Crippen molar-refractivity contribution in [2.45, 2.75) is 102 Å². The molecule has 1 aromatic rings. The van der Waals surface area contributed by atoms with Gasteiger partial charge in [0.25, 0.3) is 0 Å². The fourth-order valence-corrected chi connectivity index (χ4v) is 7.58. The van der Waals surface area contributed by atoms with Crippen LogP contribution >= 0.6 is 11.6 Å². The number of phenols is 1. The number of esters is 1. The Labute approximate surface area is 193 Å². The quantitative estimate of drug-likeness (QED) is 0.596. The average Bonchev–Trinajstić information content (AvgIpc) is 2.71. The van der Waals surface area contributed by atoms with Crippen LogP contribution in [0.2, 0.25) is 5.02 Å². The molecular formula is C25H31ClO6. The van der Waals surface area contributed by atoms with Gasteiger partial charge in [0, 0.05) is 36.2 Å². The average molecular weight is 463 g/mol. The molecule has 6 atom stereocenters. The third-order valence-corrected chi connectivity index (χ3v) is 9.62. The summed E-state index contributed by atoms with van der Waals surface area (Å²) in [5.41, 5.74) is 0.348. The van der Waals surface area contributed by atoms with Crippen LogP contribution in [0, 0.1) is 11.3 Å². The molecule has 4 bridgehead atoms. The molecule has 6 nitrogen and oxygen atoms in total. The molecule has 6 aliphatic rings. The zero-order chi connectivity index (χ0) is 22.8. The second-order valence-corrected chi connectivity index (χ2v) is 11.6. The largest absolute Gasteiger partial charge is 0.505 e. The number of cyclic esters (lactones) is 1. The van der Waals surface area contributed by atoms with E-state index in [1.807, 2.05) is 6.92 Å². The Kier molecular flexibility index (Phi) is 4.04. The van der Waals surface area contributed by atoms with Crippen molar-refractivity contribution < 1.29 is 28.8 Å². The lowest BCUT2D eigenvalue weighted by Crippen LogP contribution is -2.82. The number of hydrogen-bond donors (Lipinski definition) is 1. The number of carbonyl (C=O) groups excluding carboxylic acids is 1. The van der Waals surface area contributed by atoms with E-state index in [4.69, 9.17) is 30.5 Å². The number of fused-ring (bicyclic) bond motifs is 4. The van der Waals surface area contributed by atoms with Gasteiger partial charge in [-0.25, -0.2) is 4.79 Å². The van der Waals surface area contributed by atoms with Gasteiger partial charge in [0.2, 0.25) is 0 Å². The lowest BCUT2D eigenvalue weighted by Gasteiger charge is -2.73. The van der Waals surface area contributed by atoms with Crippen molar-refractivity contribution in [3.05, 3.63) is 21.7 Å². The minimum absolute atomic E-state index is 0.0874. The van der Waals surface area contributed by atoms with Gasteiger partial charge in [-0.15, -0.1) is 0 Å². The maximum absolute atomic E-state index is 12.7. The van der Waals surface area contributed by atoms with Crippen LogP contribution in [0.3, 0.4) is 0 Å². The fourth-order valence-electron chi connectivity index (χ4n) is 7.34. The molecule has 1 aromatic carbocycles. The predicted octanol–water partition coefficient (Wildman–Crippen LogP) is 4.94. The van der Waals surface area contributed by atoms with Gasteiger partial charge < -0.3 is 24.1 Å². The van der Waals surface area contributed by atoms with Crippen LogP contribution in [-0.4, -0.2) is 40.3 Å². The lowest BCUT2D eigenvalue weighted by atomic mass is 9.49. The molecule has 0 aromatic heterocycles. The van der Waals surface area contributed by atoms with Gasteiger partial charge in [0.15, 0.2) is 11.5 Å². The zero-order valence-corrected chi connectivity index (χ0v) is 20.1. The van der Waals surface area contributed by atoms with Crippen LogP contribution in [0.15, 0.2) is 0 Å². The third-order valence-electron chi connectivity index (χ3n) is 9.27. The molecule has 7 heteroatoms. The molecule has 1 aliphatic carbocycles. The van der Waals surface area contributed by atoms with Crippen molar-refractivity contribution in [1.29, 1.82) is 0 Å². The number of phenolic OH excluding ortho intramolecular Hbond substituents is 1. The van der Waals surface area contributed by atoms with Crippen LogP contribution in [0.1, 0.15) is 81.8 Å². The van der Waals surface area contributed by atoms with Gasteiger partial charge in [-0.3, -0.25) is 0 Å². The molecule has 7 rings (SSSR count). The first-order valence-electron chi connectivity index (χ1n) is 11.8. The normalized spacial score (nSPS) is 43.8. The van der Waals surface area contributed by atoms with Gasteiger partial charge in [-0.2, -0.15) is 0 Å². The molecule has 5 aliphatic heterocycles. The molecule has 1 spiro atoms. The molecular weight excluding hydrogens is 432 g/mol. The fraction of sp³-hybridized carbons (Fsp3) is 0.720. The molecule has 0 amide bonds. The lowest BCUT2D eigenvalue weighted by molar-refractivity contribution is -0.478. The van der Waals surface area contributed by atoms with E-state index in [1.54, 1.807) is 0 Å². The van der Waals surface area contributed by atoms with E-state index in [1.165, 1.54) is 0 Å². The highest BCUT2D eigenvalue weighted by atomic mass is 35.5. The summed E-state index contributed by atoms with van der Waals surface area (Å²) >= 11 is 6.62. The summed E-state index contributed by atoms with van der Waals surface area (Å²) in [5, 5.41) is 10.9. The summed E-state index contributed by atoms with van der Waals surface area (Å²) in [5.74, 6) is -0.734. The first-order chi connectivity index (χ1) is 15.0. The molecule has 174 valence electrons. The van der Waals surface area contributed by atoms with Crippen LogP contribution in [-0.2, 0) is 27.1 Å². The van der Waals surface area contributed by atoms with E-state index >= 15 is 0 Å². The van der Waals surface area contributed by atoms with Gasteiger partial charge in [0.1, 0.15) is 33.6 Å². The molecule has 4 fully saturated rings. The summed E-state index contributed by atoms with van der Waals surface area (Å²) in [4.78, 5) is 12.7. The minimum atomic E-state index is -0.641. The van der Waals surface area contributed by atoms with E-state index < -0.39 is 23.0 Å². The highest BCUT2D eigenvalue weighted by Crippen LogP contribution is 2.69. The van der Waals surface area contributed by atoms with E-state index in [-0.39, 0.29) is 39.9 Å². The number of benzene rings is 1. The topological polar surface area (TPSA) is 74.2 Å². The van der Waals surface area contributed by atoms with E-state index in [0.717, 1.165) is 36.8 Å². The molecule has 5 heterocycles. The SMILES string of the molecule is CC(C)[C@]12CC[C@@]3(C)[C@H](CC[C@@]4(C)Oc5c(Cl)c(O)c6c(c5C[C@@]43O1)C[C@@H](C)OC6=O)O2. The smallest absolute Gasteiger partial charge is 0.342 e. The van der Waals surface area contributed by atoms with E-state index in [0.29, 0.717) is 18.6 Å². The first-order valence-corrected chi connectivity index (χ1v) is 12.2. The summed E-state index contributed by atoms with van der Waals surface area (Å²) in [6.07, 6.45) is 4.42.